The second-order valence-electron chi connectivity index (χ2n) is 2.74. The number of hydrogen-bond donors (Lipinski definition) is 2. The number of aliphatic hydroxyl groups is 1. The highest BCUT2D eigenvalue weighted by Crippen LogP contribution is 2.20. The lowest BCUT2D eigenvalue weighted by molar-refractivity contribution is -0.00337. The highest BCUT2D eigenvalue weighted by atomic mass is 35.5. The zero-order valence-corrected chi connectivity index (χ0v) is 8.79. The van der Waals surface area contributed by atoms with Crippen molar-refractivity contribution >= 4 is 22.9 Å². The molecule has 2 N–H and O–H groups in total. The van der Waals surface area contributed by atoms with Gasteiger partial charge in [-0.25, -0.2) is 8.78 Å². The van der Waals surface area contributed by atoms with Gasteiger partial charge in [-0.05, 0) is 12.1 Å². The van der Waals surface area contributed by atoms with Crippen LogP contribution in [0.25, 0.3) is 0 Å². The molecule has 0 aromatic carbocycles. The summed E-state index contributed by atoms with van der Waals surface area (Å²) >= 11 is 7.06. The predicted molar refractivity (Wildman–Crippen MR) is 53.0 cm³/mol. The fourth-order valence-corrected chi connectivity index (χ4v) is 1.94. The van der Waals surface area contributed by atoms with E-state index in [1.54, 1.807) is 6.07 Å². The molecule has 1 unspecified atom stereocenters. The Hall–Kier alpha value is -0.230. The Balaban J connectivity index is 2.22. The van der Waals surface area contributed by atoms with E-state index in [0.717, 1.165) is 4.88 Å². The monoisotopic (exact) mass is 241 g/mol. The minimum Gasteiger partial charge on any atom is -0.386 e. The standard InChI is InChI=1S/C8H10ClF2NOS/c9-7-2-1-5(14-7)3-12-4-6(13)8(10)11/h1-2,6,8,12-13H,3-4H2. The summed E-state index contributed by atoms with van der Waals surface area (Å²) in [5.74, 6) is 0. The van der Waals surface area contributed by atoms with Gasteiger partial charge in [-0.1, -0.05) is 11.6 Å². The molecule has 14 heavy (non-hydrogen) atoms. The van der Waals surface area contributed by atoms with Crippen LogP contribution in [0.2, 0.25) is 4.34 Å². The number of nitrogens with one attached hydrogen (secondary N) is 1. The molecule has 1 rings (SSSR count). The molecule has 0 aliphatic heterocycles. The van der Waals surface area contributed by atoms with Crippen molar-refractivity contribution in [3.8, 4) is 0 Å². The van der Waals surface area contributed by atoms with Gasteiger partial charge in [0, 0.05) is 18.0 Å². The summed E-state index contributed by atoms with van der Waals surface area (Å²) in [4.78, 5) is 0.955. The average Bonchev–Trinajstić information content (AvgIpc) is 2.51. The topological polar surface area (TPSA) is 32.3 Å². The number of aliphatic hydroxyl groups excluding tert-OH is 1. The van der Waals surface area contributed by atoms with E-state index in [1.165, 1.54) is 11.3 Å². The van der Waals surface area contributed by atoms with Crippen LogP contribution in [-0.2, 0) is 6.54 Å². The molecule has 0 aliphatic carbocycles. The average molecular weight is 242 g/mol. The molecule has 1 aromatic rings. The van der Waals surface area contributed by atoms with Gasteiger partial charge in [-0.15, -0.1) is 11.3 Å². The van der Waals surface area contributed by atoms with Crippen LogP contribution in [-0.4, -0.2) is 24.2 Å². The van der Waals surface area contributed by atoms with Crippen molar-refractivity contribution < 1.29 is 13.9 Å². The second kappa shape index (κ2) is 5.60. The van der Waals surface area contributed by atoms with E-state index in [1.807, 2.05) is 6.07 Å². The van der Waals surface area contributed by atoms with E-state index in [0.29, 0.717) is 10.9 Å². The molecule has 0 aliphatic rings. The van der Waals surface area contributed by atoms with E-state index in [9.17, 15) is 8.78 Å². The van der Waals surface area contributed by atoms with Crippen LogP contribution in [0.1, 0.15) is 4.88 Å². The van der Waals surface area contributed by atoms with Crippen LogP contribution in [0.15, 0.2) is 12.1 Å². The number of hydrogen-bond acceptors (Lipinski definition) is 3. The maximum Gasteiger partial charge on any atom is 0.265 e. The Kier molecular flexibility index (Phi) is 4.74. The molecule has 0 radical (unpaired) electrons. The number of halogens is 3. The SMILES string of the molecule is OC(CNCc1ccc(Cl)s1)C(F)F. The molecule has 0 fully saturated rings. The molecular weight excluding hydrogens is 232 g/mol. The van der Waals surface area contributed by atoms with Crippen molar-refractivity contribution in [1.29, 1.82) is 0 Å². The minimum atomic E-state index is -2.70. The summed E-state index contributed by atoms with van der Waals surface area (Å²) in [7, 11) is 0. The zero-order valence-electron chi connectivity index (χ0n) is 7.21. The number of thiophene rings is 1. The van der Waals surface area contributed by atoms with Gasteiger partial charge in [0.05, 0.1) is 4.34 Å². The highest BCUT2D eigenvalue weighted by Gasteiger charge is 2.15. The normalized spacial score (nSPS) is 13.5. The third-order valence-corrected chi connectivity index (χ3v) is 2.80. The molecule has 0 bridgehead atoms. The Labute approximate surface area is 89.5 Å². The van der Waals surface area contributed by atoms with Crippen LogP contribution in [0.5, 0.6) is 0 Å². The molecule has 0 saturated heterocycles. The van der Waals surface area contributed by atoms with Crippen LogP contribution in [0, 0.1) is 0 Å². The van der Waals surface area contributed by atoms with E-state index in [4.69, 9.17) is 16.7 Å². The lowest BCUT2D eigenvalue weighted by atomic mass is 10.3. The van der Waals surface area contributed by atoms with Crippen molar-refractivity contribution in [3.63, 3.8) is 0 Å². The first-order chi connectivity index (χ1) is 6.59. The second-order valence-corrected chi connectivity index (χ2v) is 4.54. The summed E-state index contributed by atoms with van der Waals surface area (Å²) in [6, 6.07) is 3.56. The Morgan fingerprint density at radius 2 is 2.21 bits per heavy atom. The first-order valence-corrected chi connectivity index (χ1v) is 5.20. The molecular formula is C8H10ClF2NOS. The van der Waals surface area contributed by atoms with Gasteiger partial charge in [0.15, 0.2) is 0 Å². The number of alkyl halides is 2. The van der Waals surface area contributed by atoms with Crippen LogP contribution in [0.3, 0.4) is 0 Å². The van der Waals surface area contributed by atoms with Gasteiger partial charge >= 0.3 is 0 Å². The summed E-state index contributed by atoms with van der Waals surface area (Å²) in [6.07, 6.45) is -4.31. The van der Waals surface area contributed by atoms with Crippen LogP contribution >= 0.6 is 22.9 Å². The largest absolute Gasteiger partial charge is 0.386 e. The zero-order chi connectivity index (χ0) is 10.6. The van der Waals surface area contributed by atoms with Crippen LogP contribution < -0.4 is 5.32 Å². The molecule has 0 spiro atoms. The van der Waals surface area contributed by atoms with E-state index >= 15 is 0 Å². The summed E-state index contributed by atoms with van der Waals surface area (Å²) < 4.78 is 24.4. The van der Waals surface area contributed by atoms with E-state index in [2.05, 4.69) is 5.32 Å². The van der Waals surface area contributed by atoms with Gasteiger partial charge in [-0.3, -0.25) is 0 Å². The fourth-order valence-electron chi connectivity index (χ4n) is 0.879. The van der Waals surface area contributed by atoms with Gasteiger partial charge in [-0.2, -0.15) is 0 Å². The smallest absolute Gasteiger partial charge is 0.265 e. The lowest BCUT2D eigenvalue weighted by Crippen LogP contribution is -2.31. The fraction of sp³-hybridized carbons (Fsp3) is 0.500. The maximum atomic E-state index is 11.8. The molecule has 6 heteroatoms. The van der Waals surface area contributed by atoms with Crippen molar-refractivity contribution in [2.75, 3.05) is 6.54 Å². The Bertz CT molecular complexity index is 282. The molecule has 0 amide bonds. The molecule has 1 heterocycles. The first kappa shape index (κ1) is 11.8. The third-order valence-electron chi connectivity index (χ3n) is 1.57. The third kappa shape index (κ3) is 3.88. The van der Waals surface area contributed by atoms with Gasteiger partial charge in [0.2, 0.25) is 0 Å². The van der Waals surface area contributed by atoms with Crippen molar-refractivity contribution in [3.05, 3.63) is 21.3 Å². The number of rotatable bonds is 5. The highest BCUT2D eigenvalue weighted by molar-refractivity contribution is 7.16. The molecule has 80 valence electrons. The Morgan fingerprint density at radius 1 is 1.50 bits per heavy atom. The maximum absolute atomic E-state index is 11.8. The van der Waals surface area contributed by atoms with Gasteiger partial charge in [0.25, 0.3) is 6.43 Å². The van der Waals surface area contributed by atoms with E-state index < -0.39 is 12.5 Å². The van der Waals surface area contributed by atoms with Crippen molar-refractivity contribution in [1.82, 2.24) is 5.32 Å². The molecule has 0 saturated carbocycles. The molecule has 1 aromatic heterocycles. The van der Waals surface area contributed by atoms with E-state index in [-0.39, 0.29) is 6.54 Å². The summed E-state index contributed by atoms with van der Waals surface area (Å²) in [5, 5.41) is 11.5. The quantitative estimate of drug-likeness (QED) is 0.828. The molecule has 2 nitrogen and oxygen atoms in total. The molecule has 1 atom stereocenters. The minimum absolute atomic E-state index is 0.118. The first-order valence-electron chi connectivity index (χ1n) is 4.00. The van der Waals surface area contributed by atoms with Crippen molar-refractivity contribution in [2.24, 2.45) is 0 Å². The summed E-state index contributed by atoms with van der Waals surface area (Å²) in [5.41, 5.74) is 0. The van der Waals surface area contributed by atoms with Crippen LogP contribution in [0.4, 0.5) is 8.78 Å². The van der Waals surface area contributed by atoms with Gasteiger partial charge in [0.1, 0.15) is 6.10 Å². The summed E-state index contributed by atoms with van der Waals surface area (Å²) in [6.45, 7) is 0.328. The predicted octanol–water partition coefficient (Wildman–Crippen LogP) is 2.12. The van der Waals surface area contributed by atoms with Crippen molar-refractivity contribution in [2.45, 2.75) is 19.1 Å². The Morgan fingerprint density at radius 3 is 2.71 bits per heavy atom. The lowest BCUT2D eigenvalue weighted by Gasteiger charge is -2.09. The van der Waals surface area contributed by atoms with Gasteiger partial charge < -0.3 is 10.4 Å².